The summed E-state index contributed by atoms with van der Waals surface area (Å²) in [4.78, 5) is 0. The second-order valence-corrected chi connectivity index (χ2v) is 4.29. The predicted molar refractivity (Wildman–Crippen MR) is 70.7 cm³/mol. The maximum atomic E-state index is 6.03. The van der Waals surface area contributed by atoms with E-state index >= 15 is 0 Å². The number of aryl methyl sites for hydroxylation is 1. The molecular weight excluding hydrogens is 218 g/mol. The van der Waals surface area contributed by atoms with E-state index in [9.17, 15) is 0 Å². The summed E-state index contributed by atoms with van der Waals surface area (Å²) in [6, 6.07) is 6.31. The number of benzene rings is 1. The van der Waals surface area contributed by atoms with Gasteiger partial charge in [-0.2, -0.15) is 0 Å². The Labute approximate surface area is 103 Å². The zero-order chi connectivity index (χ0) is 12.0. The molecule has 1 nitrogen and oxygen atoms in total. The molecular formula is C14H18ClN. The van der Waals surface area contributed by atoms with Gasteiger partial charge in [0.15, 0.2) is 0 Å². The molecule has 0 bridgehead atoms. The molecule has 0 aliphatic carbocycles. The van der Waals surface area contributed by atoms with Crippen LogP contribution in [0.3, 0.4) is 0 Å². The molecule has 1 unspecified atom stereocenters. The van der Waals surface area contributed by atoms with Crippen molar-refractivity contribution < 1.29 is 0 Å². The summed E-state index contributed by atoms with van der Waals surface area (Å²) < 4.78 is 0. The third kappa shape index (κ3) is 3.56. The van der Waals surface area contributed by atoms with E-state index in [1.165, 1.54) is 11.1 Å². The topological polar surface area (TPSA) is 12.0 Å². The molecule has 0 fully saturated rings. The molecule has 16 heavy (non-hydrogen) atoms. The Morgan fingerprint density at radius 1 is 1.50 bits per heavy atom. The SMILES string of the molecule is C#CCCC(NCC)c1cc(Cl)ccc1C. The minimum atomic E-state index is 0.305. The van der Waals surface area contributed by atoms with Crippen LogP contribution in [-0.2, 0) is 0 Å². The lowest BCUT2D eigenvalue weighted by Gasteiger charge is -2.19. The lowest BCUT2D eigenvalue weighted by atomic mass is 9.97. The highest BCUT2D eigenvalue weighted by Crippen LogP contribution is 2.25. The summed E-state index contributed by atoms with van der Waals surface area (Å²) in [5.41, 5.74) is 2.51. The minimum Gasteiger partial charge on any atom is -0.310 e. The van der Waals surface area contributed by atoms with E-state index in [2.05, 4.69) is 31.2 Å². The summed E-state index contributed by atoms with van der Waals surface area (Å²) in [7, 11) is 0. The molecule has 0 amide bonds. The van der Waals surface area contributed by atoms with Crippen LogP contribution in [0.5, 0.6) is 0 Å². The maximum absolute atomic E-state index is 6.03. The van der Waals surface area contributed by atoms with Crippen molar-refractivity contribution >= 4 is 11.6 Å². The first-order valence-electron chi connectivity index (χ1n) is 5.62. The molecule has 1 aromatic rings. The average molecular weight is 236 g/mol. The van der Waals surface area contributed by atoms with Gasteiger partial charge in [-0.15, -0.1) is 12.3 Å². The molecule has 0 aromatic heterocycles. The van der Waals surface area contributed by atoms with Gasteiger partial charge in [-0.1, -0.05) is 24.6 Å². The summed E-state index contributed by atoms with van der Waals surface area (Å²) >= 11 is 6.03. The number of terminal acetylenes is 1. The minimum absolute atomic E-state index is 0.305. The second-order valence-electron chi connectivity index (χ2n) is 3.85. The van der Waals surface area contributed by atoms with Gasteiger partial charge >= 0.3 is 0 Å². The molecule has 0 radical (unpaired) electrons. The molecule has 0 aliphatic heterocycles. The molecule has 1 atom stereocenters. The molecule has 86 valence electrons. The zero-order valence-electron chi connectivity index (χ0n) is 9.89. The highest BCUT2D eigenvalue weighted by molar-refractivity contribution is 6.30. The monoisotopic (exact) mass is 235 g/mol. The highest BCUT2D eigenvalue weighted by atomic mass is 35.5. The Morgan fingerprint density at radius 2 is 2.25 bits per heavy atom. The summed E-state index contributed by atoms with van der Waals surface area (Å²) in [5, 5.41) is 4.23. The van der Waals surface area contributed by atoms with Gasteiger partial charge in [0.05, 0.1) is 0 Å². The Morgan fingerprint density at radius 3 is 2.88 bits per heavy atom. The normalized spacial score (nSPS) is 12.1. The zero-order valence-corrected chi connectivity index (χ0v) is 10.6. The first-order valence-corrected chi connectivity index (χ1v) is 5.99. The van der Waals surface area contributed by atoms with E-state index in [4.69, 9.17) is 18.0 Å². The fourth-order valence-corrected chi connectivity index (χ4v) is 2.01. The predicted octanol–water partition coefficient (Wildman–Crippen LogP) is 3.71. The van der Waals surface area contributed by atoms with Gasteiger partial charge < -0.3 is 5.32 Å². The maximum Gasteiger partial charge on any atom is 0.0409 e. The van der Waals surface area contributed by atoms with Crippen LogP contribution >= 0.6 is 11.6 Å². The van der Waals surface area contributed by atoms with Crippen LogP contribution in [0.4, 0.5) is 0 Å². The largest absolute Gasteiger partial charge is 0.310 e. The summed E-state index contributed by atoms with van der Waals surface area (Å²) in [6.45, 7) is 5.13. The molecule has 0 spiro atoms. The van der Waals surface area contributed by atoms with Crippen molar-refractivity contribution in [1.29, 1.82) is 0 Å². The smallest absolute Gasteiger partial charge is 0.0409 e. The van der Waals surface area contributed by atoms with Crippen LogP contribution in [0.15, 0.2) is 18.2 Å². The quantitative estimate of drug-likeness (QED) is 0.768. The van der Waals surface area contributed by atoms with Crippen molar-refractivity contribution in [3.8, 4) is 12.3 Å². The van der Waals surface area contributed by atoms with Crippen LogP contribution < -0.4 is 5.32 Å². The standard InChI is InChI=1S/C14H18ClN/c1-4-6-7-14(16-5-2)13-10-12(15)9-8-11(13)3/h1,8-10,14,16H,5-7H2,2-3H3. The average Bonchev–Trinajstić information content (AvgIpc) is 2.28. The van der Waals surface area contributed by atoms with Gasteiger partial charge in [0.1, 0.15) is 0 Å². The fraction of sp³-hybridized carbons (Fsp3) is 0.429. The lowest BCUT2D eigenvalue weighted by molar-refractivity contribution is 0.520. The molecule has 1 rings (SSSR count). The Bertz CT molecular complexity index is 379. The summed E-state index contributed by atoms with van der Waals surface area (Å²) in [6.07, 6.45) is 7.05. The summed E-state index contributed by atoms with van der Waals surface area (Å²) in [5.74, 6) is 2.69. The number of hydrogen-bond donors (Lipinski definition) is 1. The number of rotatable bonds is 5. The molecule has 0 heterocycles. The van der Waals surface area contributed by atoms with E-state index in [-0.39, 0.29) is 0 Å². The van der Waals surface area contributed by atoms with Crippen molar-refractivity contribution in [2.45, 2.75) is 32.7 Å². The molecule has 0 saturated carbocycles. The Kier molecular flexibility index (Phi) is 5.38. The molecule has 1 N–H and O–H groups in total. The van der Waals surface area contributed by atoms with E-state index in [0.717, 1.165) is 24.4 Å². The first kappa shape index (κ1) is 13.1. The van der Waals surface area contributed by atoms with E-state index in [1.807, 2.05) is 12.1 Å². The van der Waals surface area contributed by atoms with Crippen LogP contribution in [0.2, 0.25) is 5.02 Å². The number of nitrogens with one attached hydrogen (secondary N) is 1. The Hall–Kier alpha value is -0.970. The van der Waals surface area contributed by atoms with Crippen molar-refractivity contribution in [3.05, 3.63) is 34.3 Å². The van der Waals surface area contributed by atoms with Gasteiger partial charge in [0.25, 0.3) is 0 Å². The van der Waals surface area contributed by atoms with Crippen LogP contribution in [0.1, 0.15) is 36.9 Å². The van der Waals surface area contributed by atoms with Crippen LogP contribution in [0, 0.1) is 19.3 Å². The van der Waals surface area contributed by atoms with Crippen LogP contribution in [-0.4, -0.2) is 6.54 Å². The first-order chi connectivity index (χ1) is 7.69. The van der Waals surface area contributed by atoms with Gasteiger partial charge in [-0.25, -0.2) is 0 Å². The third-order valence-corrected chi connectivity index (χ3v) is 2.88. The van der Waals surface area contributed by atoms with Crippen molar-refractivity contribution in [1.82, 2.24) is 5.32 Å². The van der Waals surface area contributed by atoms with Gasteiger partial charge in [0, 0.05) is 17.5 Å². The molecule has 0 aliphatic rings. The van der Waals surface area contributed by atoms with E-state index in [1.54, 1.807) is 0 Å². The second kappa shape index (κ2) is 6.58. The highest BCUT2D eigenvalue weighted by Gasteiger charge is 2.12. The fourth-order valence-electron chi connectivity index (χ4n) is 1.83. The van der Waals surface area contributed by atoms with Crippen molar-refractivity contribution in [3.63, 3.8) is 0 Å². The number of hydrogen-bond acceptors (Lipinski definition) is 1. The van der Waals surface area contributed by atoms with E-state index < -0.39 is 0 Å². The Balaban J connectivity index is 2.91. The van der Waals surface area contributed by atoms with Crippen molar-refractivity contribution in [2.75, 3.05) is 6.54 Å². The van der Waals surface area contributed by atoms with Gasteiger partial charge in [-0.05, 0) is 43.1 Å². The molecule has 2 heteroatoms. The van der Waals surface area contributed by atoms with Gasteiger partial charge in [0.2, 0.25) is 0 Å². The van der Waals surface area contributed by atoms with Crippen LogP contribution in [0.25, 0.3) is 0 Å². The third-order valence-electron chi connectivity index (χ3n) is 2.64. The lowest BCUT2D eigenvalue weighted by Crippen LogP contribution is -2.21. The molecule has 0 saturated heterocycles. The van der Waals surface area contributed by atoms with Gasteiger partial charge in [-0.3, -0.25) is 0 Å². The molecule has 1 aromatic carbocycles. The van der Waals surface area contributed by atoms with E-state index in [0.29, 0.717) is 6.04 Å². The van der Waals surface area contributed by atoms with Crippen molar-refractivity contribution in [2.24, 2.45) is 0 Å². The number of halogens is 1.